The van der Waals surface area contributed by atoms with Gasteiger partial charge in [-0.25, -0.2) is 0 Å². The van der Waals surface area contributed by atoms with Crippen LogP contribution in [0.4, 0.5) is 0 Å². The molecule has 17 heavy (non-hydrogen) atoms. The van der Waals surface area contributed by atoms with E-state index in [-0.39, 0.29) is 0 Å². The molecule has 0 saturated carbocycles. The first kappa shape index (κ1) is 12.5. The van der Waals surface area contributed by atoms with Crippen molar-refractivity contribution in [1.82, 2.24) is 15.0 Å². The third kappa shape index (κ3) is 4.09. The fourth-order valence-electron chi connectivity index (χ4n) is 2.19. The molecule has 5 heteroatoms. The summed E-state index contributed by atoms with van der Waals surface area (Å²) < 4.78 is 5.22. The Morgan fingerprint density at radius 2 is 2.00 bits per heavy atom. The van der Waals surface area contributed by atoms with Crippen LogP contribution in [-0.2, 0) is 12.8 Å². The van der Waals surface area contributed by atoms with E-state index >= 15 is 0 Å². The minimum absolute atomic E-state index is 0.678. The maximum atomic E-state index is 5.45. The molecule has 0 atom stereocenters. The Morgan fingerprint density at radius 1 is 1.18 bits per heavy atom. The van der Waals surface area contributed by atoms with Gasteiger partial charge in [-0.1, -0.05) is 11.6 Å². The van der Waals surface area contributed by atoms with Gasteiger partial charge in [-0.05, 0) is 38.9 Å². The van der Waals surface area contributed by atoms with Gasteiger partial charge >= 0.3 is 0 Å². The lowest BCUT2D eigenvalue weighted by molar-refractivity contribution is 0.223. The molecule has 0 aromatic carbocycles. The number of nitrogens with two attached hydrogens (primary N) is 1. The van der Waals surface area contributed by atoms with E-state index in [1.54, 1.807) is 0 Å². The van der Waals surface area contributed by atoms with Crippen molar-refractivity contribution in [2.24, 2.45) is 5.73 Å². The van der Waals surface area contributed by atoms with Gasteiger partial charge in [0.2, 0.25) is 5.89 Å². The molecule has 1 aliphatic heterocycles. The lowest BCUT2D eigenvalue weighted by atomic mass is 10.1. The largest absolute Gasteiger partial charge is 0.339 e. The molecule has 0 radical (unpaired) electrons. The Morgan fingerprint density at radius 3 is 2.76 bits per heavy atom. The molecule has 1 saturated heterocycles. The van der Waals surface area contributed by atoms with E-state index in [0.717, 1.165) is 37.5 Å². The average Bonchev–Trinajstić information content (AvgIpc) is 2.83. The highest BCUT2D eigenvalue weighted by Crippen LogP contribution is 2.09. The molecule has 2 rings (SSSR count). The van der Waals surface area contributed by atoms with E-state index in [1.165, 1.54) is 32.4 Å². The van der Waals surface area contributed by atoms with Crippen molar-refractivity contribution in [2.45, 2.75) is 38.5 Å². The Bertz CT molecular complexity index is 320. The molecule has 0 spiro atoms. The van der Waals surface area contributed by atoms with Crippen molar-refractivity contribution >= 4 is 0 Å². The normalized spacial score (nSPS) is 17.5. The zero-order valence-electron chi connectivity index (χ0n) is 10.4. The summed E-state index contributed by atoms with van der Waals surface area (Å²) in [5.74, 6) is 1.56. The minimum Gasteiger partial charge on any atom is -0.339 e. The van der Waals surface area contributed by atoms with Crippen LogP contribution < -0.4 is 5.73 Å². The number of hydrogen-bond donors (Lipinski definition) is 1. The number of rotatable bonds is 6. The van der Waals surface area contributed by atoms with E-state index in [9.17, 15) is 0 Å². The van der Waals surface area contributed by atoms with Gasteiger partial charge in [0.1, 0.15) is 0 Å². The lowest BCUT2D eigenvalue weighted by Gasteiger charge is -2.25. The molecule has 5 nitrogen and oxygen atoms in total. The van der Waals surface area contributed by atoms with Gasteiger partial charge in [0.15, 0.2) is 5.82 Å². The van der Waals surface area contributed by atoms with Crippen LogP contribution in [0.15, 0.2) is 4.52 Å². The number of nitrogens with zero attached hydrogens (tertiary/aromatic N) is 3. The summed E-state index contributed by atoms with van der Waals surface area (Å²) in [5.41, 5.74) is 5.45. The zero-order valence-corrected chi connectivity index (χ0v) is 10.4. The molecular weight excluding hydrogens is 216 g/mol. The molecule has 0 unspecified atom stereocenters. The van der Waals surface area contributed by atoms with Gasteiger partial charge in [-0.3, -0.25) is 0 Å². The molecule has 96 valence electrons. The highest BCUT2D eigenvalue weighted by molar-refractivity contribution is 4.87. The van der Waals surface area contributed by atoms with Gasteiger partial charge in [0.05, 0.1) is 0 Å². The number of likely N-dealkylation sites (tertiary alicyclic amines) is 1. The molecule has 1 fully saturated rings. The lowest BCUT2D eigenvalue weighted by Crippen LogP contribution is -2.31. The van der Waals surface area contributed by atoms with Crippen LogP contribution in [0.3, 0.4) is 0 Å². The van der Waals surface area contributed by atoms with Crippen molar-refractivity contribution < 1.29 is 4.52 Å². The quantitative estimate of drug-likeness (QED) is 0.800. The van der Waals surface area contributed by atoms with Crippen LogP contribution in [0.1, 0.15) is 37.4 Å². The molecule has 0 aliphatic carbocycles. The zero-order chi connectivity index (χ0) is 11.9. The number of hydrogen-bond acceptors (Lipinski definition) is 5. The Balaban J connectivity index is 1.72. The van der Waals surface area contributed by atoms with Crippen molar-refractivity contribution in [3.63, 3.8) is 0 Å². The molecule has 1 aromatic rings. The molecule has 2 heterocycles. The van der Waals surface area contributed by atoms with Crippen molar-refractivity contribution in [1.29, 1.82) is 0 Å². The van der Waals surface area contributed by atoms with Gasteiger partial charge in [0.25, 0.3) is 0 Å². The smallest absolute Gasteiger partial charge is 0.227 e. The predicted molar refractivity (Wildman–Crippen MR) is 65.7 cm³/mol. The SMILES string of the molecule is NCCCc1noc(CCN2CCCCC2)n1. The van der Waals surface area contributed by atoms with E-state index in [4.69, 9.17) is 10.3 Å². The second-order valence-corrected chi connectivity index (χ2v) is 4.65. The fourth-order valence-corrected chi connectivity index (χ4v) is 2.19. The van der Waals surface area contributed by atoms with Crippen molar-refractivity contribution in [2.75, 3.05) is 26.2 Å². The number of piperidine rings is 1. The first-order valence-electron chi connectivity index (χ1n) is 6.62. The molecule has 0 amide bonds. The van der Waals surface area contributed by atoms with Crippen LogP contribution in [0.25, 0.3) is 0 Å². The van der Waals surface area contributed by atoms with E-state index in [2.05, 4.69) is 15.0 Å². The fraction of sp³-hybridized carbons (Fsp3) is 0.833. The first-order chi connectivity index (χ1) is 8.38. The Hall–Kier alpha value is -0.940. The molecule has 2 N–H and O–H groups in total. The standard InChI is InChI=1S/C12H22N4O/c13-7-4-5-11-14-12(17-15-11)6-10-16-8-2-1-3-9-16/h1-10,13H2. The van der Waals surface area contributed by atoms with Crippen LogP contribution in [0.5, 0.6) is 0 Å². The molecule has 1 aromatic heterocycles. The van der Waals surface area contributed by atoms with Crippen LogP contribution >= 0.6 is 0 Å². The third-order valence-electron chi connectivity index (χ3n) is 3.21. The highest BCUT2D eigenvalue weighted by atomic mass is 16.5. The molecule has 1 aliphatic rings. The second-order valence-electron chi connectivity index (χ2n) is 4.65. The summed E-state index contributed by atoms with van der Waals surface area (Å²) in [6, 6.07) is 0. The van der Waals surface area contributed by atoms with Gasteiger partial charge < -0.3 is 15.2 Å². The Kier molecular flexibility index (Phi) is 4.94. The maximum absolute atomic E-state index is 5.45. The first-order valence-corrected chi connectivity index (χ1v) is 6.62. The van der Waals surface area contributed by atoms with Crippen molar-refractivity contribution in [3.05, 3.63) is 11.7 Å². The van der Waals surface area contributed by atoms with Gasteiger partial charge in [0, 0.05) is 19.4 Å². The topological polar surface area (TPSA) is 68.2 Å². The minimum atomic E-state index is 0.678. The summed E-state index contributed by atoms with van der Waals surface area (Å²) in [7, 11) is 0. The van der Waals surface area contributed by atoms with E-state index in [0.29, 0.717) is 6.54 Å². The summed E-state index contributed by atoms with van der Waals surface area (Å²) in [4.78, 5) is 6.85. The van der Waals surface area contributed by atoms with Gasteiger partial charge in [-0.15, -0.1) is 0 Å². The van der Waals surface area contributed by atoms with Crippen LogP contribution in [0.2, 0.25) is 0 Å². The Labute approximate surface area is 102 Å². The predicted octanol–water partition coefficient (Wildman–Crippen LogP) is 0.989. The monoisotopic (exact) mass is 238 g/mol. The van der Waals surface area contributed by atoms with Crippen LogP contribution in [0, 0.1) is 0 Å². The number of aryl methyl sites for hydroxylation is 1. The average molecular weight is 238 g/mol. The third-order valence-corrected chi connectivity index (χ3v) is 3.21. The summed E-state index contributed by atoms with van der Waals surface area (Å²) in [5, 5.41) is 3.96. The van der Waals surface area contributed by atoms with Gasteiger partial charge in [-0.2, -0.15) is 4.98 Å². The van der Waals surface area contributed by atoms with Crippen molar-refractivity contribution in [3.8, 4) is 0 Å². The van der Waals surface area contributed by atoms with E-state index < -0.39 is 0 Å². The molecular formula is C12H22N4O. The molecule has 0 bridgehead atoms. The summed E-state index contributed by atoms with van der Waals surface area (Å²) >= 11 is 0. The summed E-state index contributed by atoms with van der Waals surface area (Å²) in [6.45, 7) is 4.15. The van der Waals surface area contributed by atoms with E-state index in [1.807, 2.05) is 0 Å². The van der Waals surface area contributed by atoms with Crippen LogP contribution in [-0.4, -0.2) is 41.2 Å². The summed E-state index contributed by atoms with van der Waals surface area (Å²) in [6.07, 6.45) is 6.64. The highest BCUT2D eigenvalue weighted by Gasteiger charge is 2.12. The number of aromatic nitrogens is 2. The maximum Gasteiger partial charge on any atom is 0.227 e. The second kappa shape index (κ2) is 6.71.